The minimum atomic E-state index is -0.615. The number of phenolic OH excluding ortho intramolecular Hbond substituents is 2. The summed E-state index contributed by atoms with van der Waals surface area (Å²) in [5.41, 5.74) is 5.11. The van der Waals surface area contributed by atoms with Crippen LogP contribution in [0.2, 0.25) is 0 Å². The van der Waals surface area contributed by atoms with Crippen LogP contribution in [0.15, 0.2) is 97.1 Å². The summed E-state index contributed by atoms with van der Waals surface area (Å²) in [5.74, 6) is 1.25. The molecule has 0 saturated carbocycles. The molecule has 0 spiro atoms. The molecule has 0 heterocycles. The van der Waals surface area contributed by atoms with Crippen molar-refractivity contribution in [1.82, 2.24) is 0 Å². The molecule has 4 heteroatoms. The highest BCUT2D eigenvalue weighted by Crippen LogP contribution is 2.36. The molecule has 0 aliphatic heterocycles. The molecular weight excluding hydrogens is 532 g/mol. The van der Waals surface area contributed by atoms with E-state index < -0.39 is 6.10 Å². The summed E-state index contributed by atoms with van der Waals surface area (Å²) in [6, 6.07) is 31.3. The number of phenols is 2. The van der Waals surface area contributed by atoms with Gasteiger partial charge in [0.05, 0.1) is 6.10 Å². The quantitative estimate of drug-likeness (QED) is 0.174. The number of rotatable bonds is 10. The predicted octanol–water partition coefficient (Wildman–Crippen LogP) is 9.27. The van der Waals surface area contributed by atoms with Crippen molar-refractivity contribution in [1.29, 1.82) is 0 Å². The summed E-state index contributed by atoms with van der Waals surface area (Å²) < 4.78 is 5.96. The van der Waals surface area contributed by atoms with E-state index in [1.54, 1.807) is 24.3 Å². The molecule has 4 aromatic carbocycles. The Labute approximate surface area is 259 Å². The van der Waals surface area contributed by atoms with Crippen molar-refractivity contribution in [2.75, 3.05) is 6.61 Å². The fraction of sp³-hybridized carbons (Fsp3) is 0.385. The van der Waals surface area contributed by atoms with Crippen LogP contribution < -0.4 is 4.74 Å². The molecule has 43 heavy (non-hydrogen) atoms. The smallest absolute Gasteiger partial charge is 0.119 e. The minimum Gasteiger partial charge on any atom is -0.508 e. The van der Waals surface area contributed by atoms with Crippen molar-refractivity contribution >= 4 is 0 Å². The molecule has 0 saturated heterocycles. The molecule has 1 unspecified atom stereocenters. The lowest BCUT2D eigenvalue weighted by molar-refractivity contribution is 0.0825. The lowest BCUT2D eigenvalue weighted by Crippen LogP contribution is -2.29. The summed E-state index contributed by atoms with van der Waals surface area (Å²) in [4.78, 5) is 0. The number of aliphatic hydroxyl groups excluding tert-OH is 1. The van der Waals surface area contributed by atoms with Crippen molar-refractivity contribution in [2.45, 2.75) is 90.6 Å². The zero-order chi connectivity index (χ0) is 31.8. The molecule has 0 radical (unpaired) electrons. The Kier molecular flexibility index (Phi) is 11.1. The van der Waals surface area contributed by atoms with E-state index in [0.29, 0.717) is 6.42 Å². The van der Waals surface area contributed by atoms with Gasteiger partial charge >= 0.3 is 0 Å². The number of aromatic hydroxyl groups is 2. The maximum Gasteiger partial charge on any atom is 0.119 e. The van der Waals surface area contributed by atoms with E-state index in [2.05, 4.69) is 91.8 Å². The molecule has 0 amide bonds. The molecule has 0 aliphatic carbocycles. The van der Waals surface area contributed by atoms with Gasteiger partial charge in [0.1, 0.15) is 23.9 Å². The van der Waals surface area contributed by atoms with Crippen LogP contribution >= 0.6 is 0 Å². The van der Waals surface area contributed by atoms with Crippen LogP contribution in [-0.2, 0) is 16.2 Å². The average Bonchev–Trinajstić information content (AvgIpc) is 2.97. The van der Waals surface area contributed by atoms with Gasteiger partial charge in [0.2, 0.25) is 0 Å². The molecular formula is C39H50O4. The van der Waals surface area contributed by atoms with Gasteiger partial charge in [-0.25, -0.2) is 0 Å². The number of hydrogen-bond acceptors (Lipinski definition) is 4. The molecule has 0 fully saturated rings. The highest BCUT2D eigenvalue weighted by molar-refractivity contribution is 5.43. The van der Waals surface area contributed by atoms with E-state index in [-0.39, 0.29) is 34.4 Å². The molecule has 4 rings (SSSR count). The summed E-state index contributed by atoms with van der Waals surface area (Å²) in [6.07, 6.45) is 1.20. The van der Waals surface area contributed by atoms with Gasteiger partial charge in [-0.05, 0) is 76.1 Å². The Bertz CT molecular complexity index is 1400. The number of aliphatic hydroxyl groups is 1. The largest absolute Gasteiger partial charge is 0.508 e. The van der Waals surface area contributed by atoms with E-state index >= 15 is 0 Å². The van der Waals surface area contributed by atoms with Crippen molar-refractivity contribution < 1.29 is 20.1 Å². The van der Waals surface area contributed by atoms with E-state index in [9.17, 15) is 15.3 Å². The maximum absolute atomic E-state index is 10.9. The normalized spacial score (nSPS) is 12.7. The van der Waals surface area contributed by atoms with Gasteiger partial charge in [0.25, 0.3) is 0 Å². The fourth-order valence-electron chi connectivity index (χ4n) is 5.35. The summed E-state index contributed by atoms with van der Waals surface area (Å²) in [7, 11) is 0. The predicted molar refractivity (Wildman–Crippen MR) is 178 cm³/mol. The molecule has 3 N–H and O–H groups in total. The summed E-state index contributed by atoms with van der Waals surface area (Å²) in [5, 5.41) is 30.1. The monoisotopic (exact) mass is 582 g/mol. The van der Waals surface area contributed by atoms with Crippen LogP contribution in [-0.4, -0.2) is 28.0 Å². The SMILES string of the molecule is CC(C)(CC(O)COc1ccc(C(C)(C)c2ccc(O)cc2)cc1)c1ccc(C(C)(C)c2ccc(O)cc2)cc1.CCC. The lowest BCUT2D eigenvalue weighted by Gasteiger charge is -2.30. The van der Waals surface area contributed by atoms with Crippen LogP contribution in [0.1, 0.15) is 96.0 Å². The van der Waals surface area contributed by atoms with Crippen molar-refractivity contribution in [3.63, 3.8) is 0 Å². The zero-order valence-corrected chi connectivity index (χ0v) is 27.2. The van der Waals surface area contributed by atoms with E-state index in [0.717, 1.165) is 28.0 Å². The summed E-state index contributed by atoms with van der Waals surface area (Å²) in [6.45, 7) is 17.4. The maximum atomic E-state index is 10.9. The first-order valence-corrected chi connectivity index (χ1v) is 15.3. The van der Waals surface area contributed by atoms with E-state index in [4.69, 9.17) is 4.74 Å². The van der Waals surface area contributed by atoms with E-state index in [1.807, 2.05) is 36.4 Å². The molecule has 0 aliphatic rings. The van der Waals surface area contributed by atoms with Gasteiger partial charge in [-0.2, -0.15) is 0 Å². The minimum absolute atomic E-state index is 0.196. The number of benzene rings is 4. The van der Waals surface area contributed by atoms with Gasteiger partial charge in [0.15, 0.2) is 0 Å². The third-order valence-corrected chi connectivity index (χ3v) is 8.33. The van der Waals surface area contributed by atoms with Gasteiger partial charge in [0, 0.05) is 10.8 Å². The highest BCUT2D eigenvalue weighted by Gasteiger charge is 2.28. The third kappa shape index (κ3) is 8.64. The van der Waals surface area contributed by atoms with Crippen LogP contribution in [0, 0.1) is 0 Å². The highest BCUT2D eigenvalue weighted by atomic mass is 16.5. The topological polar surface area (TPSA) is 69.9 Å². The second-order valence-electron chi connectivity index (χ2n) is 13.2. The van der Waals surface area contributed by atoms with Crippen molar-refractivity contribution in [3.05, 3.63) is 125 Å². The van der Waals surface area contributed by atoms with Gasteiger partial charge in [-0.1, -0.05) is 122 Å². The zero-order valence-electron chi connectivity index (χ0n) is 27.2. The molecule has 0 aromatic heterocycles. The molecule has 230 valence electrons. The molecule has 0 bridgehead atoms. The Morgan fingerprint density at radius 2 is 0.837 bits per heavy atom. The Morgan fingerprint density at radius 1 is 0.535 bits per heavy atom. The standard InChI is InChI=1S/C36H42O4.C3H8/c1-34(2,25-7-9-26(10-8-25)35(3,4)27-11-17-30(37)18-12-27)23-32(39)24-40-33-21-15-29(16-22-33)36(5,6)28-13-19-31(38)20-14-28;1-3-2/h7-22,32,37-39H,23-24H2,1-6H3;3H2,1-2H3. The molecule has 4 aromatic rings. The van der Waals surface area contributed by atoms with Crippen LogP contribution in [0.4, 0.5) is 0 Å². The number of hydrogen-bond donors (Lipinski definition) is 3. The molecule has 1 atom stereocenters. The second-order valence-corrected chi connectivity index (χ2v) is 13.2. The van der Waals surface area contributed by atoms with Gasteiger partial charge in [-0.3, -0.25) is 0 Å². The number of ether oxygens (including phenoxy) is 1. The summed E-state index contributed by atoms with van der Waals surface area (Å²) >= 11 is 0. The van der Waals surface area contributed by atoms with Crippen molar-refractivity contribution in [3.8, 4) is 17.2 Å². The second kappa shape index (κ2) is 14.1. The Hall–Kier alpha value is -3.76. The lowest BCUT2D eigenvalue weighted by atomic mass is 9.75. The first kappa shape index (κ1) is 33.7. The van der Waals surface area contributed by atoms with Gasteiger partial charge < -0.3 is 20.1 Å². The van der Waals surface area contributed by atoms with Crippen LogP contribution in [0.5, 0.6) is 17.2 Å². The van der Waals surface area contributed by atoms with Gasteiger partial charge in [-0.15, -0.1) is 0 Å². The first-order valence-electron chi connectivity index (χ1n) is 15.3. The third-order valence-electron chi connectivity index (χ3n) is 8.33. The van der Waals surface area contributed by atoms with E-state index in [1.165, 1.54) is 12.0 Å². The Morgan fingerprint density at radius 3 is 1.21 bits per heavy atom. The Balaban J connectivity index is 0.00000162. The fourth-order valence-corrected chi connectivity index (χ4v) is 5.35. The average molecular weight is 583 g/mol. The van der Waals surface area contributed by atoms with Crippen molar-refractivity contribution in [2.24, 2.45) is 0 Å². The molecule has 4 nitrogen and oxygen atoms in total. The van der Waals surface area contributed by atoms with Crippen LogP contribution in [0.25, 0.3) is 0 Å². The van der Waals surface area contributed by atoms with Crippen LogP contribution in [0.3, 0.4) is 0 Å². The first-order chi connectivity index (χ1) is 20.2.